The third-order valence-corrected chi connectivity index (χ3v) is 8.11. The predicted octanol–water partition coefficient (Wildman–Crippen LogP) is 6.52. The summed E-state index contributed by atoms with van der Waals surface area (Å²) >= 11 is 0. The number of unbranched alkanes of at least 4 members (excludes halogenated alkanes) is 4. The van der Waals surface area contributed by atoms with Gasteiger partial charge < -0.3 is 4.90 Å². The maximum Gasteiger partial charge on any atom is 0.0379 e. The molecule has 2 fully saturated rings. The van der Waals surface area contributed by atoms with Gasteiger partial charge in [0.2, 0.25) is 0 Å². The number of hydrogen-bond donors (Lipinski definition) is 0. The van der Waals surface area contributed by atoms with E-state index in [1.165, 1.54) is 103 Å². The molecule has 0 spiro atoms. The molecule has 2 heteroatoms. The molecule has 162 valence electrons. The summed E-state index contributed by atoms with van der Waals surface area (Å²) < 4.78 is 0. The molecular weight excluding hydrogens is 340 g/mol. The second-order valence-electron chi connectivity index (χ2n) is 10.1. The van der Waals surface area contributed by atoms with Crippen LogP contribution < -0.4 is 0 Å². The van der Waals surface area contributed by atoms with Crippen LogP contribution in [0.15, 0.2) is 11.6 Å². The van der Waals surface area contributed by atoms with E-state index in [-0.39, 0.29) is 0 Å². The summed E-state index contributed by atoms with van der Waals surface area (Å²) in [4.78, 5) is 5.83. The molecule has 0 saturated carbocycles. The van der Waals surface area contributed by atoms with Crippen molar-refractivity contribution in [3.8, 4) is 0 Å². The van der Waals surface area contributed by atoms with Crippen LogP contribution in [0.25, 0.3) is 0 Å². The smallest absolute Gasteiger partial charge is 0.0379 e. The van der Waals surface area contributed by atoms with Gasteiger partial charge >= 0.3 is 0 Å². The minimum atomic E-state index is 0.538. The van der Waals surface area contributed by atoms with Crippen molar-refractivity contribution in [1.29, 1.82) is 0 Å². The first-order chi connectivity index (χ1) is 13.7. The number of nitrogens with zero attached hydrogens (tertiary/aromatic N) is 2. The Bertz CT molecular complexity index is 499. The molecule has 4 rings (SSSR count). The van der Waals surface area contributed by atoms with E-state index in [0.29, 0.717) is 5.41 Å². The highest BCUT2D eigenvalue weighted by molar-refractivity contribution is 5.30. The van der Waals surface area contributed by atoms with E-state index < -0.39 is 0 Å². The summed E-state index contributed by atoms with van der Waals surface area (Å²) in [5.74, 6) is 1.78. The van der Waals surface area contributed by atoms with Crippen LogP contribution in [0, 0.1) is 17.3 Å². The Morgan fingerprint density at radius 2 is 1.64 bits per heavy atom. The zero-order valence-corrected chi connectivity index (χ0v) is 19.5. The van der Waals surface area contributed by atoms with Crippen molar-refractivity contribution in [1.82, 2.24) is 9.80 Å². The number of likely N-dealkylation sites (tertiary alicyclic amines) is 1. The molecule has 0 N–H and O–H groups in total. The highest BCUT2D eigenvalue weighted by Gasteiger charge is 2.58. The first kappa shape index (κ1) is 22.3. The Kier molecular flexibility index (Phi) is 8.47. The lowest BCUT2D eigenvalue weighted by Gasteiger charge is -2.64. The standard InChI is InChI=1S/C26H48N2/c1-5-9-13-22-19-23-20-28(17-12-8-4)25(22)26(15-10-6-2)21-27(16-11-7-3)18-14-24(23)26/h19,23-25H,5-18,20-21H2,1-4H3. The molecule has 0 amide bonds. The fourth-order valence-electron chi connectivity index (χ4n) is 6.82. The van der Waals surface area contributed by atoms with Crippen LogP contribution in [-0.2, 0) is 0 Å². The molecule has 0 aromatic heterocycles. The van der Waals surface area contributed by atoms with Gasteiger partial charge in [0, 0.05) is 24.5 Å². The first-order valence-corrected chi connectivity index (χ1v) is 12.9. The van der Waals surface area contributed by atoms with Crippen LogP contribution in [0.3, 0.4) is 0 Å². The molecule has 2 nitrogen and oxygen atoms in total. The maximum atomic E-state index is 2.97. The molecule has 28 heavy (non-hydrogen) atoms. The number of fused-ring (bicyclic) bond motifs is 1. The highest BCUT2D eigenvalue weighted by Crippen LogP contribution is 2.57. The first-order valence-electron chi connectivity index (χ1n) is 12.9. The Hall–Kier alpha value is -0.340. The normalized spacial score (nSPS) is 33.1. The second-order valence-corrected chi connectivity index (χ2v) is 10.1. The van der Waals surface area contributed by atoms with E-state index in [9.17, 15) is 0 Å². The number of hydrogen-bond acceptors (Lipinski definition) is 2. The molecule has 2 saturated heterocycles. The molecule has 0 aromatic rings. The summed E-state index contributed by atoms with van der Waals surface area (Å²) in [6, 6.07) is 0.747. The Labute approximate surface area is 176 Å². The summed E-state index contributed by atoms with van der Waals surface area (Å²) in [7, 11) is 0. The van der Waals surface area contributed by atoms with Crippen molar-refractivity contribution in [2.45, 2.75) is 104 Å². The zero-order chi connectivity index (χ0) is 20.0. The van der Waals surface area contributed by atoms with Crippen LogP contribution in [0.2, 0.25) is 0 Å². The number of rotatable bonds is 12. The van der Waals surface area contributed by atoms with Crippen molar-refractivity contribution in [3.63, 3.8) is 0 Å². The average Bonchev–Trinajstić information content (AvgIpc) is 2.73. The van der Waals surface area contributed by atoms with Gasteiger partial charge in [-0.05, 0) is 70.0 Å². The Morgan fingerprint density at radius 1 is 0.929 bits per heavy atom. The third-order valence-electron chi connectivity index (χ3n) is 8.11. The van der Waals surface area contributed by atoms with Gasteiger partial charge in [0.1, 0.15) is 0 Å². The predicted molar refractivity (Wildman–Crippen MR) is 123 cm³/mol. The van der Waals surface area contributed by atoms with Crippen molar-refractivity contribution in [2.24, 2.45) is 17.3 Å². The summed E-state index contributed by atoms with van der Waals surface area (Å²) in [6.07, 6.45) is 18.0. The molecule has 3 heterocycles. The number of piperidine rings is 2. The molecule has 2 bridgehead atoms. The Balaban J connectivity index is 1.91. The van der Waals surface area contributed by atoms with E-state index >= 15 is 0 Å². The van der Waals surface area contributed by atoms with Gasteiger partial charge in [-0.2, -0.15) is 0 Å². The molecule has 4 unspecified atom stereocenters. The molecule has 1 aliphatic carbocycles. The van der Waals surface area contributed by atoms with Gasteiger partial charge in [-0.25, -0.2) is 0 Å². The van der Waals surface area contributed by atoms with Crippen LogP contribution in [0.1, 0.15) is 98.3 Å². The lowest BCUT2D eigenvalue weighted by molar-refractivity contribution is -0.111. The van der Waals surface area contributed by atoms with E-state index in [1.807, 2.05) is 5.57 Å². The fourth-order valence-corrected chi connectivity index (χ4v) is 6.82. The van der Waals surface area contributed by atoms with Crippen LogP contribution in [-0.4, -0.2) is 48.6 Å². The SMILES string of the molecule is CCCCC1=CC2CN(CCCC)C1C1(CCCC)CN(CCCC)CCC21. The van der Waals surface area contributed by atoms with E-state index in [4.69, 9.17) is 0 Å². The van der Waals surface area contributed by atoms with Crippen LogP contribution in [0.5, 0.6) is 0 Å². The summed E-state index contributed by atoms with van der Waals surface area (Å²) in [5, 5.41) is 0. The molecule has 3 aliphatic heterocycles. The maximum absolute atomic E-state index is 2.97. The third kappa shape index (κ3) is 4.53. The van der Waals surface area contributed by atoms with E-state index in [2.05, 4.69) is 43.6 Å². The molecule has 0 aromatic carbocycles. The fraction of sp³-hybridized carbons (Fsp3) is 0.923. The lowest BCUT2D eigenvalue weighted by atomic mass is 9.52. The average molecular weight is 389 g/mol. The monoisotopic (exact) mass is 388 g/mol. The van der Waals surface area contributed by atoms with Crippen molar-refractivity contribution >= 4 is 0 Å². The van der Waals surface area contributed by atoms with Crippen molar-refractivity contribution in [3.05, 3.63) is 11.6 Å². The molecule has 4 aliphatic rings. The topological polar surface area (TPSA) is 6.48 Å². The van der Waals surface area contributed by atoms with Crippen LogP contribution in [0.4, 0.5) is 0 Å². The van der Waals surface area contributed by atoms with Gasteiger partial charge in [-0.3, -0.25) is 4.90 Å². The van der Waals surface area contributed by atoms with Crippen molar-refractivity contribution < 1.29 is 0 Å². The van der Waals surface area contributed by atoms with E-state index in [0.717, 1.165) is 17.9 Å². The molecule has 0 radical (unpaired) electrons. The lowest BCUT2D eigenvalue weighted by Crippen LogP contribution is -2.68. The summed E-state index contributed by atoms with van der Waals surface area (Å²) in [6.45, 7) is 16.2. The largest absolute Gasteiger partial charge is 0.303 e. The second kappa shape index (κ2) is 10.6. The summed E-state index contributed by atoms with van der Waals surface area (Å²) in [5.41, 5.74) is 2.38. The molecular formula is C26H48N2. The Morgan fingerprint density at radius 3 is 2.36 bits per heavy atom. The van der Waals surface area contributed by atoms with Gasteiger partial charge in [-0.15, -0.1) is 0 Å². The van der Waals surface area contributed by atoms with Crippen LogP contribution >= 0.6 is 0 Å². The zero-order valence-electron chi connectivity index (χ0n) is 19.5. The quantitative estimate of drug-likeness (QED) is 0.351. The molecule has 4 atom stereocenters. The van der Waals surface area contributed by atoms with Gasteiger partial charge in [-0.1, -0.05) is 71.4 Å². The minimum absolute atomic E-state index is 0.538. The minimum Gasteiger partial charge on any atom is -0.303 e. The van der Waals surface area contributed by atoms with Gasteiger partial charge in [0.15, 0.2) is 0 Å². The van der Waals surface area contributed by atoms with Crippen molar-refractivity contribution in [2.75, 3.05) is 32.7 Å². The van der Waals surface area contributed by atoms with Gasteiger partial charge in [0.25, 0.3) is 0 Å². The highest BCUT2D eigenvalue weighted by atomic mass is 15.2. The van der Waals surface area contributed by atoms with Gasteiger partial charge in [0.05, 0.1) is 0 Å². The van der Waals surface area contributed by atoms with E-state index in [1.54, 1.807) is 0 Å².